The molecule has 0 bridgehead atoms. The van der Waals surface area contributed by atoms with Gasteiger partial charge in [0.05, 0.1) is 11.1 Å². The van der Waals surface area contributed by atoms with Gasteiger partial charge in [-0.3, -0.25) is 4.98 Å². The number of hydrogen-bond donors (Lipinski definition) is 0. The van der Waals surface area contributed by atoms with Crippen LogP contribution in [0.25, 0.3) is 22.4 Å². The fraction of sp³-hybridized carbons (Fsp3) is 0.244. The third kappa shape index (κ3) is 6.31. The minimum atomic E-state index is -0.712. The molecular weight excluding hydrogens is 794 g/mol. The van der Waals surface area contributed by atoms with Crippen LogP contribution in [0.3, 0.4) is 0 Å². The van der Waals surface area contributed by atoms with Crippen molar-refractivity contribution in [2.24, 2.45) is 0 Å². The summed E-state index contributed by atoms with van der Waals surface area (Å²) >= 11 is 0. The molecule has 1 aliphatic rings. The number of nitrogens with zero attached hydrogens (tertiary/aromatic N) is 3. The Balaban J connectivity index is 0.00000432. The number of ether oxygens (including phenoxy) is 1. The summed E-state index contributed by atoms with van der Waals surface area (Å²) in [5, 5.41) is 0. The van der Waals surface area contributed by atoms with Crippen molar-refractivity contribution in [2.45, 2.75) is 57.8 Å². The smallest absolute Gasteiger partial charge is 0.503 e. The molecule has 0 radical (unpaired) electrons. The Hall–Kier alpha value is -4.53. The Morgan fingerprint density at radius 3 is 1.82 bits per heavy atom. The fourth-order valence-electron chi connectivity index (χ4n) is 6.89. The summed E-state index contributed by atoms with van der Waals surface area (Å²) in [5.41, 5.74) is 11.4. The molecule has 5 heteroatoms. The van der Waals surface area contributed by atoms with Gasteiger partial charge in [-0.2, -0.15) is 12.1 Å². The Morgan fingerprint density at radius 1 is 0.620 bits per heavy atom. The van der Waals surface area contributed by atoms with E-state index in [0.29, 0.717) is 11.5 Å². The molecular formula is C45H43N3OPt. The van der Waals surface area contributed by atoms with E-state index in [-0.39, 0.29) is 31.9 Å². The van der Waals surface area contributed by atoms with E-state index in [4.69, 9.17) is 9.72 Å². The van der Waals surface area contributed by atoms with Gasteiger partial charge < -0.3 is 14.6 Å². The molecule has 6 aromatic rings. The average Bonchev–Trinajstić information content (AvgIpc) is 3.38. The van der Waals surface area contributed by atoms with Crippen LogP contribution in [-0.2, 0) is 37.3 Å². The third-order valence-electron chi connectivity index (χ3n) is 9.61. The molecule has 0 saturated heterocycles. The fourth-order valence-corrected chi connectivity index (χ4v) is 6.89. The van der Waals surface area contributed by atoms with Gasteiger partial charge in [-0.15, -0.1) is 41.5 Å². The minimum Gasteiger partial charge on any atom is -0.503 e. The van der Waals surface area contributed by atoms with E-state index in [1.165, 1.54) is 33.4 Å². The predicted molar refractivity (Wildman–Crippen MR) is 201 cm³/mol. The molecule has 4 nitrogen and oxygen atoms in total. The number of rotatable bonds is 6. The quantitative estimate of drug-likeness (QED) is 0.156. The summed E-state index contributed by atoms with van der Waals surface area (Å²) in [6, 6.07) is 43.6. The number of fused-ring (bicyclic) bond motifs is 3. The number of pyridine rings is 2. The van der Waals surface area contributed by atoms with Crippen molar-refractivity contribution in [3.63, 3.8) is 0 Å². The Labute approximate surface area is 311 Å². The van der Waals surface area contributed by atoms with Crippen molar-refractivity contribution in [2.75, 3.05) is 19.0 Å². The topological polar surface area (TPSA) is 38.2 Å². The maximum atomic E-state index is 6.56. The molecule has 0 fully saturated rings. The van der Waals surface area contributed by atoms with Crippen LogP contribution in [0.4, 0.5) is 5.69 Å². The first-order valence-electron chi connectivity index (χ1n) is 16.9. The van der Waals surface area contributed by atoms with Crippen molar-refractivity contribution in [3.05, 3.63) is 161 Å². The second kappa shape index (κ2) is 13.3. The van der Waals surface area contributed by atoms with E-state index in [9.17, 15) is 0 Å². The minimum absolute atomic E-state index is 0. The van der Waals surface area contributed by atoms with Gasteiger partial charge in [0.25, 0.3) is 0 Å². The van der Waals surface area contributed by atoms with Gasteiger partial charge in [0.2, 0.25) is 0 Å². The molecule has 0 amide bonds. The third-order valence-corrected chi connectivity index (χ3v) is 9.61. The summed E-state index contributed by atoms with van der Waals surface area (Å²) < 4.78 is 6.56. The molecule has 50 heavy (non-hydrogen) atoms. The number of hydrogen-bond acceptors (Lipinski definition) is 4. The molecule has 0 N–H and O–H groups in total. The largest absolute Gasteiger partial charge is 2.00 e. The van der Waals surface area contributed by atoms with E-state index in [2.05, 4.69) is 130 Å². The molecule has 0 aliphatic heterocycles. The van der Waals surface area contributed by atoms with Gasteiger partial charge in [-0.05, 0) is 68.1 Å². The number of anilines is 1. The summed E-state index contributed by atoms with van der Waals surface area (Å²) in [4.78, 5) is 11.8. The van der Waals surface area contributed by atoms with Gasteiger partial charge in [0, 0.05) is 43.7 Å². The summed E-state index contributed by atoms with van der Waals surface area (Å²) in [6.07, 6.45) is 3.73. The standard InChI is InChI=1S/C45H43N3O.Pt/c1-43(2,3)31-18-20-37-38-21-19-32(44(4,5)6)28-40(38)45(39(37)27-31,42-17-9-10-23-47-42)33-14-12-16-36(26-33)49-35-15-11-13-30(25-35)41-29-34(48(7)8)22-24-46-41;/h9-24,27-29H,1-8H3;/q-2;+2. The zero-order chi connectivity index (χ0) is 34.6. The Kier molecular flexibility index (Phi) is 9.39. The zero-order valence-electron chi connectivity index (χ0n) is 30.0. The monoisotopic (exact) mass is 836 g/mol. The number of benzene rings is 4. The zero-order valence-corrected chi connectivity index (χ0v) is 32.3. The second-order valence-electron chi connectivity index (χ2n) is 15.2. The molecule has 0 spiro atoms. The molecule has 2 aromatic heterocycles. The van der Waals surface area contributed by atoms with Crippen LogP contribution in [0.15, 0.2) is 116 Å². The van der Waals surface area contributed by atoms with Gasteiger partial charge in [0.1, 0.15) is 0 Å². The second-order valence-corrected chi connectivity index (χ2v) is 15.2. The first kappa shape index (κ1) is 35.3. The van der Waals surface area contributed by atoms with E-state index >= 15 is 0 Å². The van der Waals surface area contributed by atoms with Crippen LogP contribution in [0.5, 0.6) is 11.5 Å². The van der Waals surface area contributed by atoms with Gasteiger partial charge in [-0.25, -0.2) is 0 Å². The first-order valence-corrected chi connectivity index (χ1v) is 16.9. The van der Waals surface area contributed by atoms with Crippen LogP contribution < -0.4 is 9.64 Å². The van der Waals surface area contributed by atoms with Crippen LogP contribution in [0.2, 0.25) is 0 Å². The van der Waals surface area contributed by atoms with Crippen molar-refractivity contribution in [1.82, 2.24) is 9.97 Å². The molecule has 0 unspecified atom stereocenters. The maximum Gasteiger partial charge on any atom is 2.00 e. The van der Waals surface area contributed by atoms with Gasteiger partial charge >= 0.3 is 21.1 Å². The van der Waals surface area contributed by atoms with E-state index in [0.717, 1.165) is 28.2 Å². The Bertz CT molecular complexity index is 2100. The van der Waals surface area contributed by atoms with Crippen molar-refractivity contribution in [1.29, 1.82) is 0 Å². The van der Waals surface area contributed by atoms with E-state index < -0.39 is 5.41 Å². The van der Waals surface area contributed by atoms with Crippen LogP contribution in [-0.4, -0.2) is 24.1 Å². The van der Waals surface area contributed by atoms with Gasteiger partial charge in [-0.1, -0.05) is 96.1 Å². The summed E-state index contributed by atoms with van der Waals surface area (Å²) in [5.74, 6) is 1.22. The van der Waals surface area contributed by atoms with Crippen LogP contribution in [0, 0.1) is 12.1 Å². The molecule has 0 saturated carbocycles. The molecule has 1 aliphatic carbocycles. The van der Waals surface area contributed by atoms with Crippen LogP contribution >= 0.6 is 0 Å². The van der Waals surface area contributed by atoms with Crippen molar-refractivity contribution in [3.8, 4) is 33.9 Å². The average molecular weight is 837 g/mol. The number of aromatic nitrogens is 2. The SMILES string of the molecule is CN(C)c1ccnc(-c2[c-]c(Oc3[c-]c(C4(c5ccccn5)c5cc(C(C)(C)C)ccc5-c5ccc(C(C)(C)C)cc54)ccc3)ccc2)c1.[Pt+2]. The summed E-state index contributed by atoms with van der Waals surface area (Å²) in [6.45, 7) is 13.6. The molecule has 7 rings (SSSR count). The predicted octanol–water partition coefficient (Wildman–Crippen LogP) is 10.6. The Morgan fingerprint density at radius 2 is 1.24 bits per heavy atom. The maximum absolute atomic E-state index is 6.56. The normalized spacial score (nSPS) is 13.2. The van der Waals surface area contributed by atoms with Crippen LogP contribution in [0.1, 0.15) is 75.1 Å². The molecule has 4 aromatic carbocycles. The van der Waals surface area contributed by atoms with Gasteiger partial charge in [0.15, 0.2) is 0 Å². The van der Waals surface area contributed by atoms with Crippen molar-refractivity contribution < 1.29 is 25.8 Å². The first-order chi connectivity index (χ1) is 23.4. The molecule has 254 valence electrons. The van der Waals surface area contributed by atoms with Crippen molar-refractivity contribution >= 4 is 5.69 Å². The van der Waals surface area contributed by atoms with E-state index in [1.54, 1.807) is 0 Å². The molecule has 2 heterocycles. The molecule has 0 atom stereocenters. The van der Waals surface area contributed by atoms with E-state index in [1.807, 2.05) is 62.9 Å². The summed E-state index contributed by atoms with van der Waals surface area (Å²) in [7, 11) is 4.05.